The molecule has 0 aliphatic heterocycles. The van der Waals surface area contributed by atoms with E-state index in [4.69, 9.17) is 0 Å². The average molecular weight is 339 g/mol. The number of aliphatic carboxylic acids is 1. The Hall–Kier alpha value is -2.86. The molecule has 0 spiro atoms. The molecule has 0 N–H and O–H groups in total. The van der Waals surface area contributed by atoms with Crippen molar-refractivity contribution in [2.24, 2.45) is 0 Å². The molecule has 2 heterocycles. The average Bonchev–Trinajstić information content (AvgIpc) is 3.22. The van der Waals surface area contributed by atoms with Gasteiger partial charge in [0, 0.05) is 17.4 Å². The second-order valence-electron chi connectivity index (χ2n) is 5.23. The molecule has 2 aromatic heterocycles. The van der Waals surface area contributed by atoms with E-state index in [1.165, 1.54) is 12.1 Å². The number of aromatic carboxylic acids is 1. The van der Waals surface area contributed by atoms with Crippen LogP contribution >= 0.6 is 11.3 Å². The van der Waals surface area contributed by atoms with Crippen molar-refractivity contribution in [3.05, 3.63) is 65.2 Å². The highest BCUT2D eigenvalue weighted by Gasteiger charge is 2.13. The van der Waals surface area contributed by atoms with Crippen LogP contribution in [0.2, 0.25) is 0 Å². The van der Waals surface area contributed by atoms with Gasteiger partial charge in [0.1, 0.15) is 0 Å². The van der Waals surface area contributed by atoms with Gasteiger partial charge < -0.3 is 24.4 Å². The molecule has 5 nitrogen and oxygen atoms in total. The number of nitrogens with zero attached hydrogens (tertiary/aromatic N) is 1. The zero-order valence-corrected chi connectivity index (χ0v) is 13.4. The van der Waals surface area contributed by atoms with Gasteiger partial charge in [0.05, 0.1) is 16.5 Å². The molecule has 1 aromatic carbocycles. The first-order valence-corrected chi connectivity index (χ1v) is 8.20. The summed E-state index contributed by atoms with van der Waals surface area (Å²) in [4.78, 5) is 22.7. The number of aromatic nitrogens is 1. The summed E-state index contributed by atoms with van der Waals surface area (Å²) in [5.74, 6) is -2.34. The highest BCUT2D eigenvalue weighted by molar-refractivity contribution is 7.13. The maximum absolute atomic E-state index is 10.9. The lowest BCUT2D eigenvalue weighted by Gasteiger charge is -2.14. The van der Waals surface area contributed by atoms with Crippen molar-refractivity contribution in [1.82, 2.24) is 4.57 Å². The maximum atomic E-state index is 10.9. The summed E-state index contributed by atoms with van der Waals surface area (Å²) >= 11 is 1.58. The molecule has 0 atom stereocenters. The standard InChI is InChI=1S/C18H15NO4S/c20-17(21)10-8-14-7-9-15(16-2-1-11-24-16)19(14)13-5-3-12(4-6-13)18(22)23/h1-7,9,11H,8,10H2,(H,20,21)(H,22,23)/p-2. The Morgan fingerprint density at radius 2 is 1.75 bits per heavy atom. The van der Waals surface area contributed by atoms with Gasteiger partial charge in [-0.25, -0.2) is 0 Å². The summed E-state index contributed by atoms with van der Waals surface area (Å²) in [5.41, 5.74) is 2.62. The SMILES string of the molecule is O=C([O-])CCc1ccc(-c2cccs2)n1-c1ccc(C(=O)[O-])cc1. The summed E-state index contributed by atoms with van der Waals surface area (Å²) in [7, 11) is 0. The van der Waals surface area contributed by atoms with Gasteiger partial charge in [-0.05, 0) is 54.1 Å². The van der Waals surface area contributed by atoms with Crippen LogP contribution in [0.3, 0.4) is 0 Å². The third-order valence-electron chi connectivity index (χ3n) is 3.68. The third kappa shape index (κ3) is 3.23. The Bertz CT molecular complexity index is 863. The Kier molecular flexibility index (Phi) is 4.48. The fraction of sp³-hybridized carbons (Fsp3) is 0.111. The first-order valence-electron chi connectivity index (χ1n) is 7.32. The van der Waals surface area contributed by atoms with E-state index in [1.54, 1.807) is 23.5 Å². The van der Waals surface area contributed by atoms with E-state index < -0.39 is 11.9 Å². The number of rotatable bonds is 6. The van der Waals surface area contributed by atoms with Crippen molar-refractivity contribution in [2.75, 3.05) is 0 Å². The molecular formula is C18H13NO4S-2. The number of carboxylic acid groups (broad SMARTS) is 2. The molecule has 0 saturated carbocycles. The quantitative estimate of drug-likeness (QED) is 0.676. The molecule has 6 heteroatoms. The highest BCUT2D eigenvalue weighted by Crippen LogP contribution is 2.30. The lowest BCUT2D eigenvalue weighted by molar-refractivity contribution is -0.305. The van der Waals surface area contributed by atoms with Gasteiger partial charge in [0.15, 0.2) is 0 Å². The summed E-state index contributed by atoms with van der Waals surface area (Å²) < 4.78 is 1.94. The number of aryl methyl sites for hydroxylation is 1. The smallest absolute Gasteiger partial charge is 0.0715 e. The van der Waals surface area contributed by atoms with E-state index in [2.05, 4.69) is 0 Å². The van der Waals surface area contributed by atoms with Gasteiger partial charge in [0.2, 0.25) is 0 Å². The predicted octanol–water partition coefficient (Wildman–Crippen LogP) is 1.25. The van der Waals surface area contributed by atoms with E-state index in [0.717, 1.165) is 22.0 Å². The first kappa shape index (κ1) is 16.0. The van der Waals surface area contributed by atoms with Gasteiger partial charge in [-0.2, -0.15) is 0 Å². The van der Waals surface area contributed by atoms with Crippen LogP contribution in [0, 0.1) is 0 Å². The minimum Gasteiger partial charge on any atom is -0.550 e. The molecule has 3 aromatic rings. The van der Waals surface area contributed by atoms with Crippen LogP contribution in [-0.2, 0) is 11.2 Å². The van der Waals surface area contributed by atoms with Crippen LogP contribution in [0.4, 0.5) is 0 Å². The number of carboxylic acids is 2. The molecule has 0 aliphatic rings. The number of thiophene rings is 1. The van der Waals surface area contributed by atoms with Gasteiger partial charge >= 0.3 is 0 Å². The lowest BCUT2D eigenvalue weighted by Crippen LogP contribution is -2.23. The first-order chi connectivity index (χ1) is 11.6. The maximum Gasteiger partial charge on any atom is 0.0715 e. The van der Waals surface area contributed by atoms with Gasteiger partial charge in [-0.1, -0.05) is 18.2 Å². The molecule has 0 saturated heterocycles. The summed E-state index contributed by atoms with van der Waals surface area (Å²) in [6, 6.07) is 14.1. The van der Waals surface area contributed by atoms with Crippen molar-refractivity contribution in [3.63, 3.8) is 0 Å². The number of carbonyl (C=O) groups is 2. The van der Waals surface area contributed by atoms with E-state index in [1.807, 2.05) is 34.2 Å². The number of carbonyl (C=O) groups excluding carboxylic acids is 2. The molecule has 0 amide bonds. The van der Waals surface area contributed by atoms with E-state index in [0.29, 0.717) is 6.42 Å². The second-order valence-corrected chi connectivity index (χ2v) is 6.18. The number of benzene rings is 1. The Labute approximate surface area is 142 Å². The Morgan fingerprint density at radius 1 is 1.00 bits per heavy atom. The molecule has 24 heavy (non-hydrogen) atoms. The zero-order valence-electron chi connectivity index (χ0n) is 12.6. The molecular weight excluding hydrogens is 326 g/mol. The number of hydrogen-bond acceptors (Lipinski definition) is 5. The monoisotopic (exact) mass is 339 g/mol. The summed E-state index contributed by atoms with van der Waals surface area (Å²) in [6.45, 7) is 0. The molecule has 122 valence electrons. The summed E-state index contributed by atoms with van der Waals surface area (Å²) in [5, 5.41) is 23.7. The van der Waals surface area contributed by atoms with Gasteiger partial charge in [0.25, 0.3) is 0 Å². The van der Waals surface area contributed by atoms with E-state index in [-0.39, 0.29) is 12.0 Å². The Morgan fingerprint density at radius 3 is 2.33 bits per heavy atom. The summed E-state index contributed by atoms with van der Waals surface area (Å²) in [6.07, 6.45) is 0.251. The Balaban J connectivity index is 2.06. The van der Waals surface area contributed by atoms with Crippen LogP contribution in [0.5, 0.6) is 0 Å². The lowest BCUT2D eigenvalue weighted by atomic mass is 10.2. The second kappa shape index (κ2) is 6.72. The molecule has 3 rings (SSSR count). The zero-order chi connectivity index (χ0) is 17.1. The molecule has 0 fully saturated rings. The van der Waals surface area contributed by atoms with Crippen LogP contribution in [0.15, 0.2) is 53.9 Å². The van der Waals surface area contributed by atoms with Crippen LogP contribution < -0.4 is 10.2 Å². The van der Waals surface area contributed by atoms with Crippen molar-refractivity contribution >= 4 is 23.3 Å². The van der Waals surface area contributed by atoms with Crippen LogP contribution in [0.25, 0.3) is 16.3 Å². The van der Waals surface area contributed by atoms with Crippen molar-refractivity contribution in [3.8, 4) is 16.3 Å². The molecule has 0 bridgehead atoms. The van der Waals surface area contributed by atoms with Crippen molar-refractivity contribution in [1.29, 1.82) is 0 Å². The normalized spacial score (nSPS) is 10.7. The van der Waals surface area contributed by atoms with E-state index in [9.17, 15) is 19.8 Å². The molecule has 0 aliphatic carbocycles. The third-order valence-corrected chi connectivity index (χ3v) is 4.57. The predicted molar refractivity (Wildman–Crippen MR) is 86.7 cm³/mol. The molecule has 0 unspecified atom stereocenters. The fourth-order valence-electron chi connectivity index (χ4n) is 2.57. The highest BCUT2D eigenvalue weighted by atomic mass is 32.1. The van der Waals surface area contributed by atoms with Crippen molar-refractivity contribution in [2.45, 2.75) is 12.8 Å². The fourth-order valence-corrected chi connectivity index (χ4v) is 3.31. The minimum atomic E-state index is -1.23. The van der Waals surface area contributed by atoms with Gasteiger partial charge in [-0.3, -0.25) is 0 Å². The van der Waals surface area contributed by atoms with E-state index >= 15 is 0 Å². The van der Waals surface area contributed by atoms with Crippen molar-refractivity contribution < 1.29 is 19.8 Å². The van der Waals surface area contributed by atoms with Crippen LogP contribution in [0.1, 0.15) is 22.5 Å². The minimum absolute atomic E-state index is 0.0783. The topological polar surface area (TPSA) is 85.2 Å². The molecule has 0 radical (unpaired) electrons. The van der Waals surface area contributed by atoms with Gasteiger partial charge in [-0.15, -0.1) is 11.3 Å². The largest absolute Gasteiger partial charge is 0.550 e. The van der Waals surface area contributed by atoms with Crippen LogP contribution in [-0.4, -0.2) is 16.5 Å². The number of hydrogen-bond donors (Lipinski definition) is 0.